The standard InChI is InChI=1S/C6H8O4.2Na/c7-5(8)3-1-2-4-6(9)10;;/h1,3H,2,4H2,(H,7,8)(H,9,10);;/q;2*+1/p-2. The Bertz CT molecular complexity index is 167. The van der Waals surface area contributed by atoms with E-state index in [0.29, 0.717) is 0 Å². The van der Waals surface area contributed by atoms with Gasteiger partial charge in [0, 0.05) is 5.97 Å². The first-order valence-electron chi connectivity index (χ1n) is 2.70. The smallest absolute Gasteiger partial charge is 0.550 e. The molecule has 0 N–H and O–H groups in total. The molecule has 0 aromatic carbocycles. The topological polar surface area (TPSA) is 80.3 Å². The monoisotopic (exact) mass is 188 g/mol. The van der Waals surface area contributed by atoms with E-state index in [1.807, 2.05) is 0 Å². The van der Waals surface area contributed by atoms with E-state index >= 15 is 0 Å². The maximum Gasteiger partial charge on any atom is 1.00 e. The Balaban J connectivity index is -0.000000405. The van der Waals surface area contributed by atoms with Crippen LogP contribution in [0.25, 0.3) is 0 Å². The van der Waals surface area contributed by atoms with Gasteiger partial charge in [-0.1, -0.05) is 6.08 Å². The molecule has 0 unspecified atom stereocenters. The van der Waals surface area contributed by atoms with Gasteiger partial charge in [-0.15, -0.1) is 0 Å². The van der Waals surface area contributed by atoms with Crippen LogP contribution in [0, 0.1) is 0 Å². The van der Waals surface area contributed by atoms with Gasteiger partial charge < -0.3 is 19.8 Å². The molecule has 0 amide bonds. The molecule has 0 fully saturated rings. The molecule has 0 saturated carbocycles. The third kappa shape index (κ3) is 17.0. The van der Waals surface area contributed by atoms with Gasteiger partial charge in [-0.3, -0.25) is 0 Å². The van der Waals surface area contributed by atoms with Crippen LogP contribution < -0.4 is 69.3 Å². The molecule has 0 heterocycles. The minimum Gasteiger partial charge on any atom is -0.550 e. The molecule has 0 aliphatic heterocycles. The van der Waals surface area contributed by atoms with Crippen molar-refractivity contribution in [1.29, 1.82) is 0 Å². The van der Waals surface area contributed by atoms with Crippen LogP contribution in [0.2, 0.25) is 0 Å². The van der Waals surface area contributed by atoms with E-state index in [4.69, 9.17) is 0 Å². The second-order valence-electron chi connectivity index (χ2n) is 1.63. The van der Waals surface area contributed by atoms with Gasteiger partial charge in [0.2, 0.25) is 0 Å². The molecule has 0 saturated heterocycles. The number of carboxylic acid groups (broad SMARTS) is 2. The van der Waals surface area contributed by atoms with E-state index in [-0.39, 0.29) is 72.0 Å². The second kappa shape index (κ2) is 11.7. The molecule has 0 spiro atoms. The first-order chi connectivity index (χ1) is 4.63. The molecule has 0 radical (unpaired) electrons. The van der Waals surface area contributed by atoms with Crippen LogP contribution in [0.1, 0.15) is 12.8 Å². The number of aliphatic carboxylic acids is 2. The summed E-state index contributed by atoms with van der Waals surface area (Å²) in [6, 6.07) is 0. The molecule has 0 bridgehead atoms. The first kappa shape index (κ1) is 18.5. The largest absolute Gasteiger partial charge is 1.00 e. The summed E-state index contributed by atoms with van der Waals surface area (Å²) in [6.07, 6.45) is 2.01. The maximum absolute atomic E-state index is 9.74. The van der Waals surface area contributed by atoms with Crippen molar-refractivity contribution in [2.45, 2.75) is 12.8 Å². The minimum absolute atomic E-state index is 0. The average molecular weight is 188 g/mol. The Morgan fingerprint density at radius 2 is 1.67 bits per heavy atom. The Morgan fingerprint density at radius 3 is 2.00 bits per heavy atom. The number of carboxylic acids is 2. The number of hydrogen-bond donors (Lipinski definition) is 0. The maximum atomic E-state index is 9.74. The van der Waals surface area contributed by atoms with E-state index in [1.165, 1.54) is 6.08 Å². The van der Waals surface area contributed by atoms with E-state index in [1.54, 1.807) is 0 Å². The normalized spacial score (nSPS) is 8.33. The molecule has 0 aliphatic carbocycles. The molecule has 0 aromatic heterocycles. The van der Waals surface area contributed by atoms with Crippen molar-refractivity contribution in [3.8, 4) is 0 Å². The van der Waals surface area contributed by atoms with Crippen molar-refractivity contribution in [1.82, 2.24) is 0 Å². The van der Waals surface area contributed by atoms with Crippen molar-refractivity contribution >= 4 is 11.9 Å². The summed E-state index contributed by atoms with van der Waals surface area (Å²) in [4.78, 5) is 19.4. The molecule has 4 nitrogen and oxygen atoms in total. The summed E-state index contributed by atoms with van der Waals surface area (Å²) in [5.41, 5.74) is 0. The molecular formula is C6H6Na2O4. The fourth-order valence-corrected chi connectivity index (χ4v) is 0.381. The van der Waals surface area contributed by atoms with Crippen LogP contribution in [0.5, 0.6) is 0 Å². The Hall–Kier alpha value is 0.680. The van der Waals surface area contributed by atoms with Crippen LogP contribution in [0.15, 0.2) is 12.2 Å². The van der Waals surface area contributed by atoms with Crippen molar-refractivity contribution in [3.05, 3.63) is 12.2 Å². The van der Waals surface area contributed by atoms with Gasteiger partial charge in [-0.2, -0.15) is 0 Å². The number of carbonyl (C=O) groups is 2. The van der Waals surface area contributed by atoms with Crippen LogP contribution in [0.4, 0.5) is 0 Å². The zero-order valence-corrected chi connectivity index (χ0v) is 11.2. The van der Waals surface area contributed by atoms with Crippen LogP contribution in [0.3, 0.4) is 0 Å². The van der Waals surface area contributed by atoms with Gasteiger partial charge in [0.15, 0.2) is 0 Å². The van der Waals surface area contributed by atoms with Crippen LogP contribution in [-0.2, 0) is 9.59 Å². The quantitative estimate of drug-likeness (QED) is 0.324. The summed E-state index contributed by atoms with van der Waals surface area (Å²) in [7, 11) is 0. The molecule has 6 heteroatoms. The third-order valence-electron chi connectivity index (χ3n) is 0.769. The van der Waals surface area contributed by atoms with E-state index in [2.05, 4.69) is 0 Å². The van der Waals surface area contributed by atoms with Crippen molar-refractivity contribution < 1.29 is 78.9 Å². The molecule has 0 rings (SSSR count). The predicted octanol–water partition coefficient (Wildman–Crippen LogP) is -8.17. The van der Waals surface area contributed by atoms with Gasteiger partial charge in [-0.05, 0) is 18.9 Å². The first-order valence-corrected chi connectivity index (χ1v) is 2.70. The Kier molecular flexibility index (Phi) is 18.0. The number of rotatable bonds is 4. The van der Waals surface area contributed by atoms with Crippen LogP contribution in [-0.4, -0.2) is 11.9 Å². The molecule has 0 aliphatic rings. The van der Waals surface area contributed by atoms with Gasteiger partial charge in [0.1, 0.15) is 0 Å². The second-order valence-corrected chi connectivity index (χ2v) is 1.63. The molecule has 0 aromatic rings. The van der Waals surface area contributed by atoms with Crippen molar-refractivity contribution in [2.24, 2.45) is 0 Å². The summed E-state index contributed by atoms with van der Waals surface area (Å²) in [6.45, 7) is 0. The molecule has 0 atom stereocenters. The third-order valence-corrected chi connectivity index (χ3v) is 0.769. The Labute approximate surface area is 115 Å². The summed E-state index contributed by atoms with van der Waals surface area (Å²) in [5.74, 6) is -2.51. The summed E-state index contributed by atoms with van der Waals surface area (Å²) in [5, 5.41) is 19.4. The number of allylic oxidation sites excluding steroid dienone is 1. The fourth-order valence-electron chi connectivity index (χ4n) is 0.381. The van der Waals surface area contributed by atoms with Gasteiger partial charge in [-0.25, -0.2) is 0 Å². The Morgan fingerprint density at radius 1 is 1.17 bits per heavy atom. The SMILES string of the molecule is O=C([O-])C=CCCC(=O)[O-].[Na+].[Na+]. The van der Waals surface area contributed by atoms with E-state index in [0.717, 1.165) is 6.08 Å². The van der Waals surface area contributed by atoms with Gasteiger partial charge in [0.05, 0.1) is 5.97 Å². The van der Waals surface area contributed by atoms with Crippen molar-refractivity contribution in [2.75, 3.05) is 0 Å². The van der Waals surface area contributed by atoms with Gasteiger partial charge >= 0.3 is 59.1 Å². The van der Waals surface area contributed by atoms with Gasteiger partial charge in [0.25, 0.3) is 0 Å². The number of carbonyl (C=O) groups excluding carboxylic acids is 2. The zero-order chi connectivity index (χ0) is 7.98. The predicted molar refractivity (Wildman–Crippen MR) is 28.4 cm³/mol. The van der Waals surface area contributed by atoms with E-state index < -0.39 is 11.9 Å². The fraction of sp³-hybridized carbons (Fsp3) is 0.333. The average Bonchev–Trinajstić information content (AvgIpc) is 1.79. The molecule has 12 heavy (non-hydrogen) atoms. The molecule has 56 valence electrons. The van der Waals surface area contributed by atoms with Crippen molar-refractivity contribution in [3.63, 3.8) is 0 Å². The molecular weight excluding hydrogens is 182 g/mol. The summed E-state index contributed by atoms with van der Waals surface area (Å²) >= 11 is 0. The van der Waals surface area contributed by atoms with Crippen LogP contribution >= 0.6 is 0 Å². The number of hydrogen-bond acceptors (Lipinski definition) is 4. The minimum atomic E-state index is -1.32. The van der Waals surface area contributed by atoms with E-state index in [9.17, 15) is 19.8 Å². The summed E-state index contributed by atoms with van der Waals surface area (Å²) < 4.78 is 0. The zero-order valence-electron chi connectivity index (χ0n) is 7.20.